The second-order valence-corrected chi connectivity index (χ2v) is 6.45. The van der Waals surface area contributed by atoms with E-state index in [1.165, 1.54) is 0 Å². The van der Waals surface area contributed by atoms with Gasteiger partial charge in [0, 0.05) is 11.0 Å². The van der Waals surface area contributed by atoms with Crippen molar-refractivity contribution < 1.29 is 14.3 Å². The quantitative estimate of drug-likeness (QED) is 0.660. The predicted molar refractivity (Wildman–Crippen MR) is 99.0 cm³/mol. The Morgan fingerprint density at radius 1 is 1.21 bits per heavy atom. The molecule has 4 nitrogen and oxygen atoms in total. The van der Waals surface area contributed by atoms with Gasteiger partial charge in [-0.2, -0.15) is 0 Å². The standard InChI is InChI=1S/C18H19BrClNO3/c1-23-16-7-3-2-5-13(16)6-4-10-21-18(22)12-24-17-9-8-14(19)11-15(17)20/h2-3,5,7-9,11H,4,6,10,12H2,1H3,(H,21,22). The van der Waals surface area contributed by atoms with E-state index >= 15 is 0 Å². The summed E-state index contributed by atoms with van der Waals surface area (Å²) < 4.78 is 11.6. The summed E-state index contributed by atoms with van der Waals surface area (Å²) in [6.07, 6.45) is 1.66. The van der Waals surface area contributed by atoms with E-state index in [-0.39, 0.29) is 12.5 Å². The molecule has 6 heteroatoms. The molecule has 0 bridgehead atoms. The zero-order chi connectivity index (χ0) is 17.4. The highest BCUT2D eigenvalue weighted by atomic mass is 79.9. The number of benzene rings is 2. The molecule has 0 unspecified atom stereocenters. The van der Waals surface area contributed by atoms with Gasteiger partial charge < -0.3 is 14.8 Å². The Morgan fingerprint density at radius 2 is 2.00 bits per heavy atom. The number of nitrogens with one attached hydrogen (secondary N) is 1. The molecule has 0 spiro atoms. The van der Waals surface area contributed by atoms with Gasteiger partial charge >= 0.3 is 0 Å². The highest BCUT2D eigenvalue weighted by molar-refractivity contribution is 9.10. The van der Waals surface area contributed by atoms with Crippen molar-refractivity contribution in [3.05, 3.63) is 57.5 Å². The third-order valence-corrected chi connectivity index (χ3v) is 4.18. The molecule has 0 aromatic heterocycles. The van der Waals surface area contributed by atoms with Crippen LogP contribution in [0.15, 0.2) is 46.9 Å². The van der Waals surface area contributed by atoms with Crippen LogP contribution in [0.3, 0.4) is 0 Å². The van der Waals surface area contributed by atoms with Crippen LogP contribution in [0.25, 0.3) is 0 Å². The van der Waals surface area contributed by atoms with E-state index in [1.807, 2.05) is 30.3 Å². The third kappa shape index (κ3) is 5.73. The lowest BCUT2D eigenvalue weighted by Gasteiger charge is -2.10. The minimum atomic E-state index is -0.172. The molecule has 24 heavy (non-hydrogen) atoms. The zero-order valence-corrected chi connectivity index (χ0v) is 15.7. The van der Waals surface area contributed by atoms with E-state index in [2.05, 4.69) is 21.2 Å². The zero-order valence-electron chi connectivity index (χ0n) is 13.4. The number of carbonyl (C=O) groups excluding carboxylic acids is 1. The molecule has 2 aromatic rings. The van der Waals surface area contributed by atoms with Crippen LogP contribution in [0.5, 0.6) is 11.5 Å². The van der Waals surface area contributed by atoms with Crippen LogP contribution in [-0.2, 0) is 11.2 Å². The Bertz CT molecular complexity index is 694. The summed E-state index contributed by atoms with van der Waals surface area (Å²) in [5.41, 5.74) is 1.13. The molecular weight excluding hydrogens is 394 g/mol. The number of aryl methyl sites for hydroxylation is 1. The maximum atomic E-state index is 11.8. The molecule has 0 radical (unpaired) electrons. The van der Waals surface area contributed by atoms with Gasteiger partial charge in [0.15, 0.2) is 6.61 Å². The molecule has 0 aliphatic rings. The number of hydrogen-bond donors (Lipinski definition) is 1. The van der Waals surface area contributed by atoms with Crippen LogP contribution in [0.1, 0.15) is 12.0 Å². The fourth-order valence-corrected chi connectivity index (χ4v) is 2.93. The third-order valence-electron chi connectivity index (χ3n) is 3.39. The summed E-state index contributed by atoms with van der Waals surface area (Å²) in [6.45, 7) is 0.518. The maximum absolute atomic E-state index is 11.8. The summed E-state index contributed by atoms with van der Waals surface area (Å²) in [5.74, 6) is 1.19. The van der Waals surface area contributed by atoms with Gasteiger partial charge in [-0.1, -0.05) is 45.7 Å². The maximum Gasteiger partial charge on any atom is 0.257 e. The van der Waals surface area contributed by atoms with E-state index in [4.69, 9.17) is 21.1 Å². The van der Waals surface area contributed by atoms with E-state index in [0.717, 1.165) is 28.6 Å². The number of carbonyl (C=O) groups is 1. The van der Waals surface area contributed by atoms with Crippen LogP contribution < -0.4 is 14.8 Å². The lowest BCUT2D eigenvalue weighted by Crippen LogP contribution is -2.30. The monoisotopic (exact) mass is 411 g/mol. The van der Waals surface area contributed by atoms with Gasteiger partial charge in [0.2, 0.25) is 0 Å². The van der Waals surface area contributed by atoms with Gasteiger partial charge in [-0.05, 0) is 42.7 Å². The average Bonchev–Trinajstić information content (AvgIpc) is 2.58. The van der Waals surface area contributed by atoms with Gasteiger partial charge in [0.25, 0.3) is 5.91 Å². The first-order valence-electron chi connectivity index (χ1n) is 7.56. The molecule has 1 N–H and O–H groups in total. The number of hydrogen-bond acceptors (Lipinski definition) is 3. The van der Waals surface area contributed by atoms with Gasteiger partial charge in [-0.25, -0.2) is 0 Å². The first kappa shape index (κ1) is 18.6. The van der Waals surface area contributed by atoms with Crippen LogP contribution in [-0.4, -0.2) is 26.2 Å². The summed E-state index contributed by atoms with van der Waals surface area (Å²) in [6, 6.07) is 13.1. The number of rotatable bonds is 8. The number of ether oxygens (including phenoxy) is 2. The Kier molecular flexibility index (Phi) is 7.40. The molecule has 0 heterocycles. The largest absolute Gasteiger partial charge is 0.496 e. The predicted octanol–water partition coefficient (Wildman–Crippen LogP) is 4.24. The minimum absolute atomic E-state index is 0.0595. The van der Waals surface area contributed by atoms with Gasteiger partial charge in [-0.3, -0.25) is 4.79 Å². The molecule has 2 aromatic carbocycles. The van der Waals surface area contributed by atoms with Crippen molar-refractivity contribution >= 4 is 33.4 Å². The summed E-state index contributed by atoms with van der Waals surface area (Å²) >= 11 is 9.36. The molecule has 0 fully saturated rings. The van der Waals surface area contributed by atoms with Crippen molar-refractivity contribution in [1.29, 1.82) is 0 Å². The Hall–Kier alpha value is -1.72. The number of halogens is 2. The summed E-state index contributed by atoms with van der Waals surface area (Å²) in [5, 5.41) is 3.30. The Balaban J connectivity index is 1.70. The first-order valence-corrected chi connectivity index (χ1v) is 8.73. The van der Waals surface area contributed by atoms with E-state index < -0.39 is 0 Å². The molecule has 2 rings (SSSR count). The second-order valence-electron chi connectivity index (χ2n) is 5.13. The van der Waals surface area contributed by atoms with Crippen LogP contribution in [0, 0.1) is 0 Å². The molecule has 0 saturated heterocycles. The summed E-state index contributed by atoms with van der Waals surface area (Å²) in [7, 11) is 1.66. The van der Waals surface area contributed by atoms with Crippen molar-refractivity contribution in [3.8, 4) is 11.5 Å². The number of para-hydroxylation sites is 1. The molecule has 0 saturated carbocycles. The molecular formula is C18H19BrClNO3. The smallest absolute Gasteiger partial charge is 0.257 e. The molecule has 0 atom stereocenters. The number of amides is 1. The first-order chi connectivity index (χ1) is 11.6. The van der Waals surface area contributed by atoms with E-state index in [9.17, 15) is 4.79 Å². The van der Waals surface area contributed by atoms with Crippen molar-refractivity contribution in [1.82, 2.24) is 5.32 Å². The van der Waals surface area contributed by atoms with Crippen LogP contribution >= 0.6 is 27.5 Å². The van der Waals surface area contributed by atoms with Gasteiger partial charge in [0.05, 0.1) is 12.1 Å². The van der Waals surface area contributed by atoms with Crippen LogP contribution in [0.4, 0.5) is 0 Å². The fraction of sp³-hybridized carbons (Fsp3) is 0.278. The average molecular weight is 413 g/mol. The van der Waals surface area contributed by atoms with E-state index in [0.29, 0.717) is 17.3 Å². The lowest BCUT2D eigenvalue weighted by molar-refractivity contribution is -0.123. The van der Waals surface area contributed by atoms with Gasteiger partial charge in [0.1, 0.15) is 11.5 Å². The van der Waals surface area contributed by atoms with Crippen molar-refractivity contribution in [2.75, 3.05) is 20.3 Å². The highest BCUT2D eigenvalue weighted by Gasteiger charge is 2.07. The van der Waals surface area contributed by atoms with Gasteiger partial charge in [-0.15, -0.1) is 0 Å². The number of methoxy groups -OCH3 is 1. The van der Waals surface area contributed by atoms with Crippen molar-refractivity contribution in [3.63, 3.8) is 0 Å². The normalized spacial score (nSPS) is 10.3. The van der Waals surface area contributed by atoms with Crippen LogP contribution in [0.2, 0.25) is 5.02 Å². The SMILES string of the molecule is COc1ccccc1CCCNC(=O)COc1ccc(Br)cc1Cl. The second kappa shape index (κ2) is 9.55. The highest BCUT2D eigenvalue weighted by Crippen LogP contribution is 2.27. The topological polar surface area (TPSA) is 47.6 Å². The molecule has 1 amide bonds. The molecule has 0 aliphatic heterocycles. The molecule has 128 valence electrons. The van der Waals surface area contributed by atoms with E-state index in [1.54, 1.807) is 19.2 Å². The Labute approximate surface area is 155 Å². The van der Waals surface area contributed by atoms with Crippen molar-refractivity contribution in [2.24, 2.45) is 0 Å². The fourth-order valence-electron chi connectivity index (χ4n) is 2.20. The Morgan fingerprint density at radius 3 is 2.75 bits per heavy atom. The summed E-state index contributed by atoms with van der Waals surface area (Å²) in [4.78, 5) is 11.8. The lowest BCUT2D eigenvalue weighted by atomic mass is 10.1. The minimum Gasteiger partial charge on any atom is -0.496 e. The van der Waals surface area contributed by atoms with Crippen molar-refractivity contribution in [2.45, 2.75) is 12.8 Å². The molecule has 0 aliphatic carbocycles.